The highest BCUT2D eigenvalue weighted by Crippen LogP contribution is 2.28. The number of amides is 2. The van der Waals surface area contributed by atoms with Gasteiger partial charge in [-0.15, -0.1) is 0 Å². The van der Waals surface area contributed by atoms with E-state index in [2.05, 4.69) is 19.9 Å². The van der Waals surface area contributed by atoms with Crippen molar-refractivity contribution in [1.29, 1.82) is 0 Å². The van der Waals surface area contributed by atoms with E-state index in [4.69, 9.17) is 19.9 Å². The van der Waals surface area contributed by atoms with Gasteiger partial charge in [0.15, 0.2) is 5.82 Å². The van der Waals surface area contributed by atoms with Crippen LogP contribution in [0, 0.1) is 0 Å². The SMILES string of the molecule is CCOCC(=O)N(c1cnc(-c2cnc(OC)nc2)cn1)[C@H]1CC[C@H](OC(N)=O)CC1. The molecule has 0 bridgehead atoms. The smallest absolute Gasteiger partial charge is 0.404 e. The molecule has 0 spiro atoms. The Morgan fingerprint density at radius 3 is 2.32 bits per heavy atom. The van der Waals surface area contributed by atoms with E-state index in [1.54, 1.807) is 29.7 Å². The maximum absolute atomic E-state index is 12.9. The first kappa shape index (κ1) is 22.3. The van der Waals surface area contributed by atoms with Gasteiger partial charge in [-0.2, -0.15) is 0 Å². The van der Waals surface area contributed by atoms with Crippen LogP contribution < -0.4 is 15.4 Å². The van der Waals surface area contributed by atoms with Crippen LogP contribution >= 0.6 is 0 Å². The normalized spacial score (nSPS) is 18.3. The molecule has 1 fully saturated rings. The first-order valence-electron chi connectivity index (χ1n) is 10.1. The molecule has 0 aliphatic heterocycles. The molecule has 11 nitrogen and oxygen atoms in total. The summed E-state index contributed by atoms with van der Waals surface area (Å²) in [5.41, 5.74) is 6.36. The van der Waals surface area contributed by atoms with Gasteiger partial charge in [0.25, 0.3) is 5.91 Å². The second-order valence-corrected chi connectivity index (χ2v) is 6.99. The van der Waals surface area contributed by atoms with Crippen molar-refractivity contribution in [2.45, 2.75) is 44.8 Å². The van der Waals surface area contributed by atoms with Crippen LogP contribution in [0.5, 0.6) is 6.01 Å². The van der Waals surface area contributed by atoms with E-state index in [1.807, 2.05) is 6.92 Å². The predicted octanol–water partition coefficient (Wildman–Crippen LogP) is 1.72. The topological polar surface area (TPSA) is 143 Å². The quantitative estimate of drug-likeness (QED) is 0.662. The number of methoxy groups -OCH3 is 1. The highest BCUT2D eigenvalue weighted by molar-refractivity contribution is 5.94. The summed E-state index contributed by atoms with van der Waals surface area (Å²) >= 11 is 0. The van der Waals surface area contributed by atoms with Crippen molar-refractivity contribution in [2.75, 3.05) is 25.2 Å². The fourth-order valence-corrected chi connectivity index (χ4v) is 3.51. The predicted molar refractivity (Wildman–Crippen MR) is 110 cm³/mol. The molecule has 2 heterocycles. The van der Waals surface area contributed by atoms with Gasteiger partial charge in [0.1, 0.15) is 12.7 Å². The molecule has 31 heavy (non-hydrogen) atoms. The zero-order chi connectivity index (χ0) is 22.2. The number of primary amides is 1. The molecular formula is C20H26N6O5. The molecule has 0 unspecified atom stereocenters. The highest BCUT2D eigenvalue weighted by Gasteiger charge is 2.32. The van der Waals surface area contributed by atoms with E-state index >= 15 is 0 Å². The molecule has 2 amide bonds. The van der Waals surface area contributed by atoms with Crippen molar-refractivity contribution in [3.05, 3.63) is 24.8 Å². The number of hydrogen-bond acceptors (Lipinski definition) is 9. The van der Waals surface area contributed by atoms with Crippen molar-refractivity contribution in [2.24, 2.45) is 5.73 Å². The maximum Gasteiger partial charge on any atom is 0.404 e. The zero-order valence-electron chi connectivity index (χ0n) is 17.6. The van der Waals surface area contributed by atoms with Gasteiger partial charge in [-0.25, -0.2) is 19.7 Å². The van der Waals surface area contributed by atoms with E-state index in [0.29, 0.717) is 49.4 Å². The number of ether oxygens (including phenoxy) is 3. The molecule has 0 saturated heterocycles. The van der Waals surface area contributed by atoms with Gasteiger partial charge in [-0.05, 0) is 32.6 Å². The number of hydrogen-bond donors (Lipinski definition) is 1. The van der Waals surface area contributed by atoms with Crippen LogP contribution in [-0.2, 0) is 14.3 Å². The molecule has 1 aliphatic rings. The highest BCUT2D eigenvalue weighted by atomic mass is 16.6. The summed E-state index contributed by atoms with van der Waals surface area (Å²) < 4.78 is 15.4. The number of nitrogens with zero attached hydrogens (tertiary/aromatic N) is 5. The molecular weight excluding hydrogens is 404 g/mol. The fraction of sp³-hybridized carbons (Fsp3) is 0.500. The number of rotatable bonds is 8. The summed E-state index contributed by atoms with van der Waals surface area (Å²) in [5, 5.41) is 0. The van der Waals surface area contributed by atoms with Crippen LogP contribution in [0.25, 0.3) is 11.3 Å². The molecule has 3 rings (SSSR count). The molecule has 1 aliphatic carbocycles. The Hall–Kier alpha value is -3.34. The molecule has 166 valence electrons. The van der Waals surface area contributed by atoms with Crippen molar-refractivity contribution in [1.82, 2.24) is 19.9 Å². The maximum atomic E-state index is 12.9. The first-order chi connectivity index (χ1) is 15.0. The summed E-state index contributed by atoms with van der Waals surface area (Å²) in [6.07, 6.45) is 7.80. The van der Waals surface area contributed by atoms with E-state index in [-0.39, 0.29) is 30.7 Å². The van der Waals surface area contributed by atoms with Gasteiger partial charge in [0, 0.05) is 30.6 Å². The number of carbonyl (C=O) groups is 2. The molecule has 11 heteroatoms. The van der Waals surface area contributed by atoms with Crippen molar-refractivity contribution in [3.8, 4) is 17.3 Å². The van der Waals surface area contributed by atoms with Gasteiger partial charge in [-0.1, -0.05) is 0 Å². The van der Waals surface area contributed by atoms with Crippen LogP contribution in [-0.4, -0.2) is 64.4 Å². The van der Waals surface area contributed by atoms with Crippen molar-refractivity contribution >= 4 is 17.8 Å². The minimum atomic E-state index is -0.781. The summed E-state index contributed by atoms with van der Waals surface area (Å²) in [7, 11) is 1.49. The van der Waals surface area contributed by atoms with Gasteiger partial charge in [0.2, 0.25) is 0 Å². The average Bonchev–Trinajstić information content (AvgIpc) is 2.79. The fourth-order valence-electron chi connectivity index (χ4n) is 3.51. The summed E-state index contributed by atoms with van der Waals surface area (Å²) in [5.74, 6) is 0.234. The van der Waals surface area contributed by atoms with Gasteiger partial charge >= 0.3 is 12.1 Å². The van der Waals surface area contributed by atoms with Gasteiger partial charge in [-0.3, -0.25) is 14.7 Å². The van der Waals surface area contributed by atoms with Gasteiger partial charge in [0.05, 0.1) is 25.2 Å². The number of nitrogens with two attached hydrogens (primary N) is 1. The number of anilines is 1. The molecule has 2 N–H and O–H groups in total. The largest absolute Gasteiger partial charge is 0.467 e. The van der Waals surface area contributed by atoms with Crippen LogP contribution in [0.3, 0.4) is 0 Å². The van der Waals surface area contributed by atoms with Crippen molar-refractivity contribution < 1.29 is 23.8 Å². The number of aromatic nitrogens is 4. The molecule has 0 atom stereocenters. The van der Waals surface area contributed by atoms with E-state index < -0.39 is 6.09 Å². The second kappa shape index (κ2) is 10.6. The third kappa shape index (κ3) is 5.85. The van der Waals surface area contributed by atoms with E-state index in [9.17, 15) is 9.59 Å². The lowest BCUT2D eigenvalue weighted by Gasteiger charge is -2.35. The minimum Gasteiger partial charge on any atom is -0.467 e. The van der Waals surface area contributed by atoms with E-state index in [1.165, 1.54) is 7.11 Å². The molecule has 2 aromatic heterocycles. The van der Waals surface area contributed by atoms with Gasteiger partial charge < -0.3 is 19.9 Å². The number of carbonyl (C=O) groups excluding carboxylic acids is 2. The first-order valence-corrected chi connectivity index (χ1v) is 10.1. The molecule has 0 radical (unpaired) electrons. The zero-order valence-corrected chi connectivity index (χ0v) is 17.6. The Morgan fingerprint density at radius 1 is 1.06 bits per heavy atom. The average molecular weight is 430 g/mol. The Balaban J connectivity index is 1.77. The Bertz CT molecular complexity index is 869. The van der Waals surface area contributed by atoms with Crippen LogP contribution in [0.15, 0.2) is 24.8 Å². The Labute approximate surface area is 180 Å². The molecule has 0 aromatic carbocycles. The Kier molecular flexibility index (Phi) is 7.65. The Morgan fingerprint density at radius 2 is 1.77 bits per heavy atom. The summed E-state index contributed by atoms with van der Waals surface area (Å²) in [6, 6.07) is 0.155. The van der Waals surface area contributed by atoms with E-state index in [0.717, 1.165) is 0 Å². The lowest BCUT2D eigenvalue weighted by Crippen LogP contribution is -2.46. The summed E-state index contributed by atoms with van der Waals surface area (Å²) in [6.45, 7) is 2.21. The standard InChI is InChI=1S/C20H26N6O5/c1-3-30-12-18(27)26(14-4-6-15(7-5-14)31-19(21)28)17-11-22-16(10-23-17)13-8-24-20(29-2)25-9-13/h8-11,14-15H,3-7,12H2,1-2H3,(H2,21,28)/t14-,15-. The second-order valence-electron chi connectivity index (χ2n) is 6.99. The van der Waals surface area contributed by atoms with Crippen LogP contribution in [0.1, 0.15) is 32.6 Å². The summed E-state index contributed by atoms with van der Waals surface area (Å²) in [4.78, 5) is 42.5. The lowest BCUT2D eigenvalue weighted by molar-refractivity contribution is -0.123. The third-order valence-corrected chi connectivity index (χ3v) is 4.98. The third-order valence-electron chi connectivity index (χ3n) is 4.98. The van der Waals surface area contributed by atoms with Crippen molar-refractivity contribution in [3.63, 3.8) is 0 Å². The lowest BCUT2D eigenvalue weighted by atomic mass is 9.91. The minimum absolute atomic E-state index is 0.0516. The monoisotopic (exact) mass is 430 g/mol. The van der Waals surface area contributed by atoms with Crippen LogP contribution in [0.4, 0.5) is 10.6 Å². The molecule has 2 aromatic rings. The van der Waals surface area contributed by atoms with Crippen LogP contribution in [0.2, 0.25) is 0 Å². The molecule has 1 saturated carbocycles.